The molecule has 0 aliphatic carbocycles. The summed E-state index contributed by atoms with van der Waals surface area (Å²) in [5.74, 6) is -1.34. The maximum atomic E-state index is 14.0. The van der Waals surface area contributed by atoms with Crippen LogP contribution in [0.5, 0.6) is 0 Å². The fraction of sp³-hybridized carbons (Fsp3) is 0.357. The minimum atomic E-state index is -4.67. The van der Waals surface area contributed by atoms with E-state index in [-0.39, 0.29) is 23.6 Å². The molecule has 0 saturated carbocycles. The number of carbonyl (C=O) groups excluding carboxylic acids is 3. The molecular weight excluding hydrogens is 515 g/mol. The fourth-order valence-electron chi connectivity index (χ4n) is 4.23. The Hall–Kier alpha value is -4.33. The van der Waals surface area contributed by atoms with Crippen LogP contribution in [0.15, 0.2) is 59.8 Å². The Morgan fingerprint density at radius 1 is 1.13 bits per heavy atom. The lowest BCUT2D eigenvalue weighted by Crippen LogP contribution is -2.53. The minimum Gasteiger partial charge on any atom is -0.463 e. The van der Waals surface area contributed by atoms with E-state index in [1.807, 2.05) is 6.07 Å². The molecular formula is C28H29F3N3O5+. The van der Waals surface area contributed by atoms with Gasteiger partial charge in [0.15, 0.2) is 12.1 Å². The zero-order valence-corrected chi connectivity index (χ0v) is 22.2. The van der Waals surface area contributed by atoms with Gasteiger partial charge < -0.3 is 14.3 Å². The van der Waals surface area contributed by atoms with Gasteiger partial charge in [-0.15, -0.1) is 0 Å². The molecule has 206 valence electrons. The van der Waals surface area contributed by atoms with Crippen molar-refractivity contribution in [3.63, 3.8) is 0 Å². The van der Waals surface area contributed by atoms with Gasteiger partial charge in [0.25, 0.3) is 0 Å². The van der Waals surface area contributed by atoms with E-state index in [2.05, 4.69) is 0 Å². The Morgan fingerprint density at radius 3 is 2.31 bits per heavy atom. The molecule has 1 aliphatic heterocycles. The molecule has 0 saturated heterocycles. The van der Waals surface area contributed by atoms with Crippen LogP contribution in [0.2, 0.25) is 0 Å². The number of hydrogen-bond donors (Lipinski definition) is 0. The van der Waals surface area contributed by atoms with E-state index in [4.69, 9.17) is 9.47 Å². The molecule has 11 heteroatoms. The van der Waals surface area contributed by atoms with Crippen molar-refractivity contribution in [3.8, 4) is 6.07 Å². The molecule has 1 heterocycles. The minimum absolute atomic E-state index is 0.00226. The Kier molecular flexibility index (Phi) is 8.39. The smallest absolute Gasteiger partial charge is 0.463 e. The van der Waals surface area contributed by atoms with Crippen molar-refractivity contribution in [3.05, 3.63) is 76.5 Å². The number of urea groups is 1. The zero-order chi connectivity index (χ0) is 29.1. The summed E-state index contributed by atoms with van der Waals surface area (Å²) in [4.78, 5) is 40.0. The predicted molar refractivity (Wildman–Crippen MR) is 137 cm³/mol. The first-order valence-electron chi connectivity index (χ1n) is 12.1. The van der Waals surface area contributed by atoms with Crippen molar-refractivity contribution in [2.45, 2.75) is 52.4 Å². The van der Waals surface area contributed by atoms with Gasteiger partial charge >= 0.3 is 24.1 Å². The van der Waals surface area contributed by atoms with Crippen LogP contribution >= 0.6 is 0 Å². The number of nitrogens with zero attached hydrogens (tertiary/aromatic N) is 3. The summed E-state index contributed by atoms with van der Waals surface area (Å²) in [7, 11) is 0. The average molecular weight is 545 g/mol. The molecule has 1 atom stereocenters. The van der Waals surface area contributed by atoms with Crippen molar-refractivity contribution < 1.29 is 37.0 Å². The van der Waals surface area contributed by atoms with Crippen LogP contribution in [0.4, 0.5) is 23.7 Å². The molecule has 39 heavy (non-hydrogen) atoms. The van der Waals surface area contributed by atoms with Crippen molar-refractivity contribution in [1.29, 1.82) is 5.26 Å². The molecule has 0 spiro atoms. The second-order valence-electron chi connectivity index (χ2n) is 9.76. The number of hydrogen-bond acceptors (Lipinski definition) is 5. The number of nitriles is 1. The summed E-state index contributed by atoms with van der Waals surface area (Å²) in [6, 6.07) is 10.3. The highest BCUT2D eigenvalue weighted by molar-refractivity contribution is 6.04. The van der Waals surface area contributed by atoms with Crippen LogP contribution in [0.1, 0.15) is 57.4 Å². The third kappa shape index (κ3) is 6.57. The first kappa shape index (κ1) is 29.2. The number of halogens is 3. The van der Waals surface area contributed by atoms with E-state index < -0.39 is 47.9 Å². The molecule has 1 N–H and O–H groups in total. The number of allylic oxidation sites excluding steroid dienone is 1. The SMILES string of the molecule is CCOC(=O)C1=C(C)N(c2cccc(C(F)(F)F)c2)C(=O)N(CC(=[OH+])OC(C)(C)C)[C@@H]1c1ccc(C#N)cc1. The van der Waals surface area contributed by atoms with Gasteiger partial charge in [0.1, 0.15) is 0 Å². The summed E-state index contributed by atoms with van der Waals surface area (Å²) in [5.41, 5.74) is -1.16. The largest absolute Gasteiger partial charge is 0.503 e. The molecule has 0 bridgehead atoms. The Bertz CT molecular complexity index is 1340. The Morgan fingerprint density at radius 2 is 1.77 bits per heavy atom. The van der Waals surface area contributed by atoms with Gasteiger partial charge in [-0.05, 0) is 49.7 Å². The predicted octanol–water partition coefficient (Wildman–Crippen LogP) is 5.71. The fourth-order valence-corrected chi connectivity index (χ4v) is 4.23. The highest BCUT2D eigenvalue weighted by Gasteiger charge is 2.46. The summed E-state index contributed by atoms with van der Waals surface area (Å²) < 4.78 is 51.3. The number of anilines is 1. The van der Waals surface area contributed by atoms with Crippen LogP contribution in [0, 0.1) is 11.3 Å². The van der Waals surface area contributed by atoms with Gasteiger partial charge in [-0.3, -0.25) is 9.80 Å². The van der Waals surface area contributed by atoms with E-state index >= 15 is 0 Å². The number of esters is 2. The normalized spacial score (nSPS) is 16.2. The third-order valence-electron chi connectivity index (χ3n) is 5.76. The molecule has 2 aromatic carbocycles. The van der Waals surface area contributed by atoms with Crippen molar-refractivity contribution in [1.82, 2.24) is 4.90 Å². The number of alkyl halides is 3. The van der Waals surface area contributed by atoms with Gasteiger partial charge in [0.2, 0.25) is 0 Å². The van der Waals surface area contributed by atoms with Gasteiger partial charge in [-0.1, -0.05) is 18.2 Å². The molecule has 0 aromatic heterocycles. The number of rotatable bonds is 6. The summed E-state index contributed by atoms with van der Waals surface area (Å²) in [6.07, 6.45) is -4.67. The maximum absolute atomic E-state index is 14.0. The van der Waals surface area contributed by atoms with E-state index in [1.54, 1.807) is 39.8 Å². The Balaban J connectivity index is 2.27. The van der Waals surface area contributed by atoms with E-state index in [9.17, 15) is 32.8 Å². The van der Waals surface area contributed by atoms with Crippen LogP contribution in [0.25, 0.3) is 0 Å². The first-order valence-corrected chi connectivity index (χ1v) is 12.1. The topological polar surface area (TPSA) is 104 Å². The van der Waals surface area contributed by atoms with Crippen LogP contribution < -0.4 is 4.90 Å². The number of ether oxygens (including phenoxy) is 2. The third-order valence-corrected chi connectivity index (χ3v) is 5.76. The molecule has 2 amide bonds. The van der Waals surface area contributed by atoms with Crippen molar-refractivity contribution >= 4 is 23.7 Å². The first-order chi connectivity index (χ1) is 18.2. The quantitative estimate of drug-likeness (QED) is 0.342. The standard InChI is InChI=1S/C28H28F3N3O5/c1-6-38-25(36)23-17(2)34(21-9-7-8-20(14-21)28(29,30)31)26(37)33(16-22(35)39-27(3,4)5)24(23)19-12-10-18(15-32)11-13-19/h7-14,24H,6,16H2,1-5H3/p+1/t24-/m1/s1. The van der Waals surface area contributed by atoms with Gasteiger partial charge in [0.05, 0.1) is 41.1 Å². The van der Waals surface area contributed by atoms with E-state index in [0.29, 0.717) is 11.1 Å². The molecule has 0 unspecified atom stereocenters. The van der Waals surface area contributed by atoms with Crippen LogP contribution in [-0.4, -0.2) is 46.4 Å². The number of carbonyl (C=O) groups is 2. The summed E-state index contributed by atoms with van der Waals surface area (Å²) in [5, 5.41) is 9.21. The van der Waals surface area contributed by atoms with Crippen LogP contribution in [0.3, 0.4) is 0 Å². The molecule has 8 nitrogen and oxygen atoms in total. The second-order valence-corrected chi connectivity index (χ2v) is 9.76. The van der Waals surface area contributed by atoms with E-state index in [1.165, 1.54) is 25.1 Å². The highest BCUT2D eigenvalue weighted by Crippen LogP contribution is 2.41. The zero-order valence-electron chi connectivity index (χ0n) is 22.2. The maximum Gasteiger partial charge on any atom is 0.503 e. The lowest BCUT2D eigenvalue weighted by molar-refractivity contribution is -0.139. The average Bonchev–Trinajstić information content (AvgIpc) is 2.84. The molecule has 1 aliphatic rings. The summed E-state index contributed by atoms with van der Waals surface area (Å²) in [6.45, 7) is 7.57. The van der Waals surface area contributed by atoms with Crippen LogP contribution in [-0.2, 0) is 20.4 Å². The van der Waals surface area contributed by atoms with Crippen molar-refractivity contribution in [2.24, 2.45) is 0 Å². The lowest BCUT2D eigenvalue weighted by Gasteiger charge is -2.42. The molecule has 2 aromatic rings. The van der Waals surface area contributed by atoms with Crippen molar-refractivity contribution in [2.75, 3.05) is 18.1 Å². The number of benzene rings is 2. The molecule has 0 radical (unpaired) electrons. The highest BCUT2D eigenvalue weighted by atomic mass is 19.4. The van der Waals surface area contributed by atoms with Gasteiger partial charge in [-0.25, -0.2) is 9.59 Å². The molecule has 3 rings (SSSR count). The molecule has 0 fully saturated rings. The van der Waals surface area contributed by atoms with E-state index in [0.717, 1.165) is 28.0 Å². The lowest BCUT2D eigenvalue weighted by atomic mass is 9.92. The van der Waals surface area contributed by atoms with Gasteiger partial charge in [-0.2, -0.15) is 18.4 Å². The second kappa shape index (κ2) is 11.2. The Labute approximate surface area is 224 Å². The summed E-state index contributed by atoms with van der Waals surface area (Å²) >= 11 is 0. The number of amides is 2. The monoisotopic (exact) mass is 544 g/mol. The van der Waals surface area contributed by atoms with Gasteiger partial charge in [0, 0.05) is 26.5 Å².